The quantitative estimate of drug-likeness (QED) is 0.149. The fourth-order valence-electron chi connectivity index (χ4n) is 2.04. The first-order valence-electron chi connectivity index (χ1n) is 7.97. The largest absolute Gasteiger partial charge is 0.356 e. The second-order valence-electron chi connectivity index (χ2n) is 5.30. The fraction of sp³-hybridized carbons (Fsp3) is 0.353. The van der Waals surface area contributed by atoms with Crippen LogP contribution in [0.2, 0.25) is 0 Å². The van der Waals surface area contributed by atoms with Gasteiger partial charge in [-0.25, -0.2) is 4.99 Å². The molecule has 0 spiro atoms. The topological polar surface area (TPSA) is 79.6 Å². The summed E-state index contributed by atoms with van der Waals surface area (Å²) >= 11 is 1.70. The Morgan fingerprint density at radius 3 is 2.60 bits per heavy atom. The highest BCUT2D eigenvalue weighted by Crippen LogP contribution is 2.12. The van der Waals surface area contributed by atoms with Crippen LogP contribution >= 0.6 is 35.3 Å². The molecule has 0 atom stereocenters. The molecule has 0 aliphatic carbocycles. The van der Waals surface area contributed by atoms with Gasteiger partial charge in [-0.1, -0.05) is 31.5 Å². The van der Waals surface area contributed by atoms with Gasteiger partial charge in [0.05, 0.1) is 18.0 Å². The van der Waals surface area contributed by atoms with Crippen molar-refractivity contribution in [2.24, 2.45) is 4.99 Å². The van der Waals surface area contributed by atoms with Crippen molar-refractivity contribution in [1.82, 2.24) is 10.6 Å². The van der Waals surface area contributed by atoms with Crippen molar-refractivity contribution in [3.63, 3.8) is 0 Å². The van der Waals surface area contributed by atoms with Gasteiger partial charge in [0.1, 0.15) is 0 Å². The number of hydrogen-bond donors (Lipinski definition) is 2. The third-order valence-electron chi connectivity index (χ3n) is 3.40. The lowest BCUT2D eigenvalue weighted by Crippen LogP contribution is -2.37. The number of benzene rings is 1. The van der Waals surface area contributed by atoms with E-state index in [0.29, 0.717) is 6.54 Å². The molecule has 25 heavy (non-hydrogen) atoms. The van der Waals surface area contributed by atoms with E-state index in [1.54, 1.807) is 23.5 Å². The van der Waals surface area contributed by atoms with Gasteiger partial charge in [-0.3, -0.25) is 10.1 Å². The summed E-state index contributed by atoms with van der Waals surface area (Å²) in [5.74, 6) is 0.759. The highest BCUT2D eigenvalue weighted by molar-refractivity contribution is 14.0. The molecule has 1 aromatic carbocycles. The lowest BCUT2D eigenvalue weighted by Gasteiger charge is -2.11. The molecule has 0 aliphatic rings. The number of halogens is 1. The predicted octanol–water partition coefficient (Wildman–Crippen LogP) is 4.31. The van der Waals surface area contributed by atoms with Crippen molar-refractivity contribution in [2.45, 2.75) is 32.9 Å². The molecule has 0 unspecified atom stereocenters. The van der Waals surface area contributed by atoms with Crippen LogP contribution in [0.3, 0.4) is 0 Å². The van der Waals surface area contributed by atoms with Crippen molar-refractivity contribution >= 4 is 47.0 Å². The van der Waals surface area contributed by atoms with E-state index in [2.05, 4.69) is 34.0 Å². The van der Waals surface area contributed by atoms with E-state index in [1.807, 2.05) is 6.07 Å². The van der Waals surface area contributed by atoms with Crippen LogP contribution in [0.1, 0.15) is 30.2 Å². The Bertz CT molecular complexity index is 660. The van der Waals surface area contributed by atoms with Gasteiger partial charge in [0.25, 0.3) is 5.69 Å². The van der Waals surface area contributed by atoms with Crippen LogP contribution in [0.5, 0.6) is 0 Å². The minimum Gasteiger partial charge on any atom is -0.356 e. The number of nitrogens with one attached hydrogen (secondary N) is 2. The van der Waals surface area contributed by atoms with Crippen molar-refractivity contribution in [2.75, 3.05) is 6.54 Å². The molecule has 0 bridgehead atoms. The summed E-state index contributed by atoms with van der Waals surface area (Å²) in [6, 6.07) is 10.6. The normalized spacial score (nSPS) is 10.8. The van der Waals surface area contributed by atoms with Gasteiger partial charge >= 0.3 is 0 Å². The molecule has 136 valence electrons. The zero-order valence-corrected chi connectivity index (χ0v) is 17.3. The molecule has 1 aromatic heterocycles. The van der Waals surface area contributed by atoms with Crippen LogP contribution in [-0.2, 0) is 13.1 Å². The average molecular weight is 474 g/mol. The SMILES string of the molecule is CCCCNC(=NCc1ccc([N+](=O)[O-])cc1)NCc1cccs1.I. The molecule has 0 radical (unpaired) electrons. The maximum Gasteiger partial charge on any atom is 0.269 e. The third-order valence-corrected chi connectivity index (χ3v) is 4.28. The Labute approximate surface area is 168 Å². The molecule has 2 aromatic rings. The lowest BCUT2D eigenvalue weighted by molar-refractivity contribution is -0.384. The summed E-state index contributed by atoms with van der Waals surface area (Å²) in [6.45, 7) is 4.22. The smallest absolute Gasteiger partial charge is 0.269 e. The van der Waals surface area contributed by atoms with Crippen LogP contribution in [0.15, 0.2) is 46.8 Å². The monoisotopic (exact) mass is 474 g/mol. The number of guanidine groups is 1. The number of non-ortho nitro benzene ring substituents is 1. The van der Waals surface area contributed by atoms with E-state index < -0.39 is 4.92 Å². The second kappa shape index (κ2) is 11.8. The van der Waals surface area contributed by atoms with Gasteiger partial charge in [0, 0.05) is 23.6 Å². The molecule has 0 aliphatic heterocycles. The van der Waals surface area contributed by atoms with Crippen LogP contribution in [0, 0.1) is 10.1 Å². The Morgan fingerprint density at radius 2 is 2.00 bits per heavy atom. The number of aliphatic imine (C=N–C) groups is 1. The molecule has 1 heterocycles. The fourth-order valence-corrected chi connectivity index (χ4v) is 2.68. The predicted molar refractivity (Wildman–Crippen MR) is 114 cm³/mol. The molecular formula is C17H23IN4O2S. The van der Waals surface area contributed by atoms with Crippen LogP contribution < -0.4 is 10.6 Å². The number of unbranched alkanes of at least 4 members (excludes halogenated alkanes) is 1. The second-order valence-corrected chi connectivity index (χ2v) is 6.33. The molecule has 0 saturated carbocycles. The van der Waals surface area contributed by atoms with Crippen molar-refractivity contribution in [3.8, 4) is 0 Å². The average Bonchev–Trinajstić information content (AvgIpc) is 3.11. The summed E-state index contributed by atoms with van der Waals surface area (Å²) in [6.07, 6.45) is 2.20. The molecule has 0 saturated heterocycles. The van der Waals surface area contributed by atoms with Gasteiger partial charge in [0.15, 0.2) is 5.96 Å². The maximum atomic E-state index is 10.7. The number of nitro groups is 1. The number of nitrogens with zero attached hydrogens (tertiary/aromatic N) is 2. The van der Waals surface area contributed by atoms with Gasteiger partial charge < -0.3 is 10.6 Å². The molecule has 8 heteroatoms. The Morgan fingerprint density at radius 1 is 1.24 bits per heavy atom. The zero-order chi connectivity index (χ0) is 17.2. The highest BCUT2D eigenvalue weighted by atomic mass is 127. The third kappa shape index (κ3) is 7.82. The van der Waals surface area contributed by atoms with E-state index in [1.165, 1.54) is 17.0 Å². The lowest BCUT2D eigenvalue weighted by atomic mass is 10.2. The summed E-state index contributed by atoms with van der Waals surface area (Å²) in [7, 11) is 0. The molecule has 2 N–H and O–H groups in total. The number of thiophene rings is 1. The number of rotatable bonds is 8. The maximum absolute atomic E-state index is 10.7. The van der Waals surface area contributed by atoms with Crippen molar-refractivity contribution in [1.29, 1.82) is 0 Å². The van der Waals surface area contributed by atoms with E-state index in [0.717, 1.165) is 37.5 Å². The van der Waals surface area contributed by atoms with Crippen LogP contribution in [0.4, 0.5) is 5.69 Å². The standard InChI is InChI=1S/C17H22N4O2S.HI/c1-2-3-10-18-17(20-13-16-5-4-11-24-16)19-12-14-6-8-15(9-7-14)21(22)23;/h4-9,11H,2-3,10,12-13H2,1H3,(H2,18,19,20);1H. The summed E-state index contributed by atoms with van der Waals surface area (Å²) < 4.78 is 0. The zero-order valence-electron chi connectivity index (χ0n) is 14.1. The van der Waals surface area contributed by atoms with Crippen molar-refractivity contribution in [3.05, 3.63) is 62.3 Å². The summed E-state index contributed by atoms with van der Waals surface area (Å²) in [5, 5.41) is 19.4. The first kappa shape index (κ1) is 21.4. The van der Waals surface area contributed by atoms with Gasteiger partial charge in [0.2, 0.25) is 0 Å². The molecule has 6 nitrogen and oxygen atoms in total. The number of nitro benzene ring substituents is 1. The molecule has 0 amide bonds. The molecule has 2 rings (SSSR count). The van der Waals surface area contributed by atoms with Gasteiger partial charge in [-0.05, 0) is 23.4 Å². The molecular weight excluding hydrogens is 451 g/mol. The summed E-state index contributed by atoms with van der Waals surface area (Å²) in [4.78, 5) is 16.1. The Hall–Kier alpha value is -1.68. The minimum absolute atomic E-state index is 0. The first-order chi connectivity index (χ1) is 11.7. The highest BCUT2D eigenvalue weighted by Gasteiger charge is 2.04. The van der Waals surface area contributed by atoms with E-state index in [9.17, 15) is 10.1 Å². The molecule has 0 fully saturated rings. The Balaban J connectivity index is 0.00000312. The minimum atomic E-state index is -0.395. The van der Waals surface area contributed by atoms with Crippen LogP contribution in [0.25, 0.3) is 0 Å². The van der Waals surface area contributed by atoms with E-state index in [-0.39, 0.29) is 29.7 Å². The summed E-state index contributed by atoms with van der Waals surface area (Å²) in [5.41, 5.74) is 1.04. The van der Waals surface area contributed by atoms with E-state index >= 15 is 0 Å². The van der Waals surface area contributed by atoms with E-state index in [4.69, 9.17) is 0 Å². The number of hydrogen-bond acceptors (Lipinski definition) is 4. The van der Waals surface area contributed by atoms with Crippen molar-refractivity contribution < 1.29 is 4.92 Å². The van der Waals surface area contributed by atoms with Gasteiger partial charge in [-0.2, -0.15) is 0 Å². The first-order valence-corrected chi connectivity index (χ1v) is 8.85. The van der Waals surface area contributed by atoms with Gasteiger partial charge in [-0.15, -0.1) is 35.3 Å². The van der Waals surface area contributed by atoms with Crippen LogP contribution in [-0.4, -0.2) is 17.4 Å². The Kier molecular flexibility index (Phi) is 10.1.